The lowest BCUT2D eigenvalue weighted by molar-refractivity contribution is 0.372. The Labute approximate surface area is 53.9 Å². The second kappa shape index (κ2) is 1.41. The van der Waals surface area contributed by atoms with Crippen LogP contribution in [0.25, 0.3) is 0 Å². The van der Waals surface area contributed by atoms with Crippen LogP contribution in [0.2, 0.25) is 0 Å². The first-order chi connectivity index (χ1) is 3.89. The van der Waals surface area contributed by atoms with Crippen molar-refractivity contribution in [3.63, 3.8) is 0 Å². The first-order valence-corrected chi connectivity index (χ1v) is 4.03. The van der Waals surface area contributed by atoms with Crippen molar-refractivity contribution >= 4 is 10.2 Å². The first-order valence-electron chi connectivity index (χ1n) is 2.02. The molecule has 0 aliphatic carbocycles. The lowest BCUT2D eigenvalue weighted by atomic mass is 10.7. The predicted molar refractivity (Wildman–Crippen MR) is 29.5 cm³/mol. The maximum Gasteiger partial charge on any atom is 0.307 e. The van der Waals surface area contributed by atoms with Crippen molar-refractivity contribution in [2.45, 2.75) is 6.92 Å². The fourth-order valence-corrected chi connectivity index (χ4v) is 0.967. The molecule has 0 aliphatic rings. The third-order valence-corrected chi connectivity index (χ3v) is 1.18. The highest BCUT2D eigenvalue weighted by atomic mass is 32.5. The smallest absolute Gasteiger partial charge is 0.307 e. The number of rotatable bonds is 1. The van der Waals surface area contributed by atoms with Crippen LogP contribution in [0.15, 0.2) is 11.2 Å². The fraction of sp³-hybridized carbons (Fsp3) is 0.333. The Kier molecular flexibility index (Phi) is 1.35. The molecule has 0 bridgehead atoms. The molecule has 0 amide bonds. The summed E-state index contributed by atoms with van der Waals surface area (Å²) in [6, 6.07) is 0. The Morgan fingerprint density at radius 2 is 1.50 bits per heavy atom. The maximum absolute atomic E-state index is 11.2. The van der Waals surface area contributed by atoms with E-state index in [4.69, 9.17) is 5.11 Å². The van der Waals surface area contributed by atoms with Crippen molar-refractivity contribution in [1.29, 1.82) is 0 Å². The lowest BCUT2D eigenvalue weighted by Gasteiger charge is -2.36. The maximum atomic E-state index is 11.2. The average molecular weight is 184 g/mol. The number of aliphatic hydroxyl groups is 1. The van der Waals surface area contributed by atoms with Gasteiger partial charge in [0.05, 0.1) is 0 Å². The van der Waals surface area contributed by atoms with Crippen molar-refractivity contribution in [2.24, 2.45) is 0 Å². The Morgan fingerprint density at radius 1 is 1.20 bits per heavy atom. The van der Waals surface area contributed by atoms with E-state index >= 15 is 0 Å². The monoisotopic (exact) mass is 184 g/mol. The number of allylic oxidation sites excluding steroid dienone is 1. The molecule has 0 unspecified atom stereocenters. The van der Waals surface area contributed by atoms with E-state index in [9.17, 15) is 19.4 Å². The van der Waals surface area contributed by atoms with Crippen LogP contribution in [-0.4, -0.2) is 5.11 Å². The molecule has 0 radical (unpaired) electrons. The third kappa shape index (κ3) is 7.54. The molecular weight excluding hydrogens is 179 g/mol. The van der Waals surface area contributed by atoms with E-state index in [1.54, 1.807) is 0 Å². The summed E-state index contributed by atoms with van der Waals surface area (Å²) in [4.78, 5) is 0. The lowest BCUT2D eigenvalue weighted by Crippen LogP contribution is -2.00. The fourth-order valence-electron chi connectivity index (χ4n) is 0.322. The quantitative estimate of drug-likeness (QED) is 0.486. The molecule has 0 aromatic rings. The normalized spacial score (nSPS) is 21.6. The third-order valence-electron chi connectivity index (χ3n) is 0.393. The van der Waals surface area contributed by atoms with Crippen LogP contribution in [0.4, 0.5) is 19.4 Å². The molecular formula is C3H5F5OS. The van der Waals surface area contributed by atoms with E-state index in [2.05, 4.69) is 0 Å². The van der Waals surface area contributed by atoms with Gasteiger partial charge in [0.25, 0.3) is 0 Å². The van der Waals surface area contributed by atoms with E-state index in [1.807, 2.05) is 0 Å². The average Bonchev–Trinajstić information content (AvgIpc) is 1.12. The highest BCUT2D eigenvalue weighted by Crippen LogP contribution is 2.99. The molecule has 1 N–H and O–H groups in total. The van der Waals surface area contributed by atoms with Gasteiger partial charge in [-0.3, -0.25) is 0 Å². The first kappa shape index (κ1) is 9.54. The molecule has 1 nitrogen and oxygen atoms in total. The molecule has 64 valence electrons. The molecule has 0 atom stereocenters. The highest BCUT2D eigenvalue weighted by Gasteiger charge is 2.61. The number of aliphatic hydroxyl groups excluding tert-OH is 1. The van der Waals surface area contributed by atoms with Crippen molar-refractivity contribution < 1.29 is 24.5 Å². The summed E-state index contributed by atoms with van der Waals surface area (Å²) in [5.74, 6) is -1.45. The summed E-state index contributed by atoms with van der Waals surface area (Å²) in [6.07, 6.45) is 0. The molecule has 0 heterocycles. The molecule has 0 fully saturated rings. The minimum Gasteiger partial charge on any atom is -0.512 e. The second-order valence-corrected chi connectivity index (χ2v) is 4.08. The summed E-state index contributed by atoms with van der Waals surface area (Å²) in [7, 11) is -9.51. The van der Waals surface area contributed by atoms with Crippen LogP contribution in [-0.2, 0) is 0 Å². The number of halogens is 5. The summed E-state index contributed by atoms with van der Waals surface area (Å²) in [5, 5.41) is 6.56. The van der Waals surface area contributed by atoms with Gasteiger partial charge in [0.2, 0.25) is 0 Å². The Hall–Kier alpha value is -0.460. The number of hydrogen-bond acceptors (Lipinski definition) is 1. The van der Waals surface area contributed by atoms with Gasteiger partial charge in [-0.05, 0) is 6.92 Å². The van der Waals surface area contributed by atoms with Crippen molar-refractivity contribution in [2.75, 3.05) is 0 Å². The summed E-state index contributed by atoms with van der Waals surface area (Å²) in [6.45, 7) is 0.526. The van der Waals surface area contributed by atoms with E-state index in [-0.39, 0.29) is 0 Å². The summed E-state index contributed by atoms with van der Waals surface area (Å²) in [5.41, 5.74) is 0. The van der Waals surface area contributed by atoms with Crippen molar-refractivity contribution in [3.8, 4) is 0 Å². The second-order valence-electron chi connectivity index (χ2n) is 1.79. The van der Waals surface area contributed by atoms with Gasteiger partial charge in [-0.2, -0.15) is 0 Å². The van der Waals surface area contributed by atoms with E-state index in [0.717, 1.165) is 0 Å². The molecule has 0 aromatic heterocycles. The van der Waals surface area contributed by atoms with Crippen LogP contribution in [0.5, 0.6) is 0 Å². The van der Waals surface area contributed by atoms with Gasteiger partial charge in [0.15, 0.2) is 0 Å². The van der Waals surface area contributed by atoms with Gasteiger partial charge in [0.1, 0.15) is 11.2 Å². The SMILES string of the molecule is C/C(O)=C\S(F)(F)(F)(F)F. The molecule has 0 saturated heterocycles. The molecule has 0 rings (SSSR count). The minimum atomic E-state index is -9.51. The van der Waals surface area contributed by atoms with E-state index < -0.39 is 21.4 Å². The standard InChI is InChI=1S/C3H5F5OS/c1-3(9)2-10(4,5,6,7)8/h2,9H,1H3/b3-2+. The van der Waals surface area contributed by atoms with Crippen LogP contribution in [0.1, 0.15) is 6.92 Å². The molecule has 0 aromatic carbocycles. The van der Waals surface area contributed by atoms with Crippen molar-refractivity contribution in [1.82, 2.24) is 0 Å². The van der Waals surface area contributed by atoms with Crippen LogP contribution < -0.4 is 0 Å². The van der Waals surface area contributed by atoms with Gasteiger partial charge in [-0.1, -0.05) is 19.4 Å². The Bertz CT molecular complexity index is 170. The zero-order valence-electron chi connectivity index (χ0n) is 4.82. The zero-order chi connectivity index (χ0) is 8.69. The highest BCUT2D eigenvalue weighted by molar-refractivity contribution is 8.48. The molecule has 0 saturated carbocycles. The van der Waals surface area contributed by atoms with Crippen LogP contribution in [0.3, 0.4) is 0 Å². The van der Waals surface area contributed by atoms with Crippen LogP contribution in [0, 0.1) is 0 Å². The van der Waals surface area contributed by atoms with Gasteiger partial charge in [0, 0.05) is 0 Å². The summed E-state index contributed by atoms with van der Waals surface area (Å²) < 4.78 is 56.1. The van der Waals surface area contributed by atoms with Gasteiger partial charge in [-0.15, -0.1) is 0 Å². The Balaban J connectivity index is 4.96. The predicted octanol–water partition coefficient (Wildman–Crippen LogP) is 3.70. The topological polar surface area (TPSA) is 20.2 Å². The molecule has 0 aliphatic heterocycles. The number of hydrogen-bond donors (Lipinski definition) is 1. The van der Waals surface area contributed by atoms with E-state index in [1.165, 1.54) is 0 Å². The largest absolute Gasteiger partial charge is 0.512 e. The van der Waals surface area contributed by atoms with Gasteiger partial charge < -0.3 is 5.11 Å². The molecule has 0 spiro atoms. The Morgan fingerprint density at radius 3 is 1.50 bits per heavy atom. The minimum absolute atomic E-state index is 0.526. The van der Waals surface area contributed by atoms with E-state index in [0.29, 0.717) is 6.92 Å². The van der Waals surface area contributed by atoms with Gasteiger partial charge in [-0.25, -0.2) is 0 Å². The van der Waals surface area contributed by atoms with Gasteiger partial charge >= 0.3 is 10.2 Å². The van der Waals surface area contributed by atoms with Crippen LogP contribution >= 0.6 is 10.2 Å². The van der Waals surface area contributed by atoms with Crippen molar-refractivity contribution in [3.05, 3.63) is 11.2 Å². The molecule has 10 heavy (non-hydrogen) atoms. The zero-order valence-corrected chi connectivity index (χ0v) is 5.64. The molecule has 7 heteroatoms. The summed E-state index contributed by atoms with van der Waals surface area (Å²) >= 11 is 0.